The lowest BCUT2D eigenvalue weighted by Gasteiger charge is -2.20. The van der Waals surface area contributed by atoms with Gasteiger partial charge < -0.3 is 25.1 Å². The van der Waals surface area contributed by atoms with E-state index >= 15 is 0 Å². The standard InChI is InChI=1S/C11H17NO5/c1-7-3-8(17-9(7)10(14)15)4-12-5-11(2,16)6-13/h3,12-13,16H,4-6H2,1-2H3,(H,14,15). The molecule has 1 heterocycles. The second-order valence-corrected chi connectivity index (χ2v) is 4.29. The zero-order chi connectivity index (χ0) is 13.1. The van der Waals surface area contributed by atoms with Crippen LogP contribution in [0.3, 0.4) is 0 Å². The number of hydrogen-bond donors (Lipinski definition) is 4. The predicted octanol–water partition coefficient (Wildman–Crippen LogP) is 0.119. The molecule has 0 spiro atoms. The average molecular weight is 243 g/mol. The number of aliphatic hydroxyl groups is 2. The third-order valence-corrected chi connectivity index (χ3v) is 2.31. The number of carboxylic acid groups (broad SMARTS) is 1. The van der Waals surface area contributed by atoms with Gasteiger partial charge in [-0.15, -0.1) is 0 Å². The quantitative estimate of drug-likeness (QED) is 0.566. The molecule has 0 radical (unpaired) electrons. The van der Waals surface area contributed by atoms with Crippen LogP contribution in [0, 0.1) is 6.92 Å². The van der Waals surface area contributed by atoms with Crippen LogP contribution in [0.15, 0.2) is 10.5 Å². The van der Waals surface area contributed by atoms with Gasteiger partial charge in [-0.25, -0.2) is 4.79 Å². The number of aryl methyl sites for hydroxylation is 1. The summed E-state index contributed by atoms with van der Waals surface area (Å²) < 4.78 is 5.12. The molecule has 96 valence electrons. The number of furan rings is 1. The van der Waals surface area contributed by atoms with Crippen LogP contribution in [0.25, 0.3) is 0 Å². The number of nitrogens with one attached hydrogen (secondary N) is 1. The van der Waals surface area contributed by atoms with Crippen molar-refractivity contribution >= 4 is 5.97 Å². The van der Waals surface area contributed by atoms with Crippen molar-refractivity contribution in [3.63, 3.8) is 0 Å². The fraction of sp³-hybridized carbons (Fsp3) is 0.545. The summed E-state index contributed by atoms with van der Waals surface area (Å²) in [4.78, 5) is 10.7. The normalized spacial score (nSPS) is 14.6. The van der Waals surface area contributed by atoms with Crippen molar-refractivity contribution in [2.24, 2.45) is 0 Å². The van der Waals surface area contributed by atoms with Crippen molar-refractivity contribution in [1.82, 2.24) is 5.32 Å². The van der Waals surface area contributed by atoms with Crippen LogP contribution in [0.1, 0.15) is 28.8 Å². The number of carboxylic acids is 1. The molecule has 0 aliphatic rings. The van der Waals surface area contributed by atoms with Crippen LogP contribution in [0.2, 0.25) is 0 Å². The summed E-state index contributed by atoms with van der Waals surface area (Å²) in [5.41, 5.74) is -0.639. The maximum absolute atomic E-state index is 10.7. The van der Waals surface area contributed by atoms with Crippen molar-refractivity contribution in [2.75, 3.05) is 13.2 Å². The number of hydrogen-bond acceptors (Lipinski definition) is 5. The first-order valence-electron chi connectivity index (χ1n) is 5.22. The van der Waals surface area contributed by atoms with Crippen LogP contribution in [-0.4, -0.2) is 40.0 Å². The Balaban J connectivity index is 2.53. The second-order valence-electron chi connectivity index (χ2n) is 4.29. The molecule has 0 saturated carbocycles. The molecule has 0 saturated heterocycles. The van der Waals surface area contributed by atoms with Crippen LogP contribution < -0.4 is 5.32 Å². The van der Waals surface area contributed by atoms with Gasteiger partial charge in [-0.05, 0) is 19.9 Å². The van der Waals surface area contributed by atoms with Crippen molar-refractivity contribution in [1.29, 1.82) is 0 Å². The number of carbonyl (C=O) groups is 1. The van der Waals surface area contributed by atoms with E-state index in [0.29, 0.717) is 17.9 Å². The van der Waals surface area contributed by atoms with Gasteiger partial charge in [0.2, 0.25) is 5.76 Å². The third-order valence-electron chi connectivity index (χ3n) is 2.31. The number of aliphatic hydroxyl groups excluding tert-OH is 1. The lowest BCUT2D eigenvalue weighted by atomic mass is 10.1. The maximum Gasteiger partial charge on any atom is 0.372 e. The highest BCUT2D eigenvalue weighted by molar-refractivity contribution is 5.86. The molecule has 17 heavy (non-hydrogen) atoms. The fourth-order valence-electron chi connectivity index (χ4n) is 1.36. The molecule has 0 aliphatic carbocycles. The van der Waals surface area contributed by atoms with E-state index < -0.39 is 11.6 Å². The largest absolute Gasteiger partial charge is 0.475 e. The van der Waals surface area contributed by atoms with Gasteiger partial charge in [-0.3, -0.25) is 0 Å². The van der Waals surface area contributed by atoms with Crippen LogP contribution in [0.5, 0.6) is 0 Å². The first-order chi connectivity index (χ1) is 7.85. The lowest BCUT2D eigenvalue weighted by molar-refractivity contribution is 0.00224. The van der Waals surface area contributed by atoms with Gasteiger partial charge in [0.25, 0.3) is 0 Å². The maximum atomic E-state index is 10.7. The molecular weight excluding hydrogens is 226 g/mol. The van der Waals surface area contributed by atoms with Gasteiger partial charge in [0, 0.05) is 12.1 Å². The molecule has 1 aromatic heterocycles. The predicted molar refractivity (Wildman–Crippen MR) is 59.8 cm³/mol. The summed E-state index contributed by atoms with van der Waals surface area (Å²) in [6, 6.07) is 1.63. The molecular formula is C11H17NO5. The van der Waals surface area contributed by atoms with Gasteiger partial charge in [0.1, 0.15) is 5.76 Å². The number of aromatic carboxylic acids is 1. The zero-order valence-corrected chi connectivity index (χ0v) is 9.86. The molecule has 1 unspecified atom stereocenters. The Morgan fingerprint density at radius 2 is 2.24 bits per heavy atom. The van der Waals surface area contributed by atoms with Crippen molar-refractivity contribution in [3.05, 3.63) is 23.2 Å². The Hall–Kier alpha value is -1.37. The molecule has 6 heteroatoms. The Morgan fingerprint density at radius 1 is 1.59 bits per heavy atom. The van der Waals surface area contributed by atoms with E-state index in [2.05, 4.69) is 5.32 Å². The Bertz CT molecular complexity index is 397. The fourth-order valence-corrected chi connectivity index (χ4v) is 1.36. The van der Waals surface area contributed by atoms with Gasteiger partial charge >= 0.3 is 5.97 Å². The first kappa shape index (κ1) is 13.7. The Labute approximate surface area is 98.9 Å². The summed E-state index contributed by atoms with van der Waals surface area (Å²) in [7, 11) is 0. The highest BCUT2D eigenvalue weighted by atomic mass is 16.4. The minimum atomic E-state index is -1.20. The van der Waals surface area contributed by atoms with E-state index in [4.69, 9.17) is 14.6 Å². The first-order valence-corrected chi connectivity index (χ1v) is 5.22. The summed E-state index contributed by atoms with van der Waals surface area (Å²) in [5.74, 6) is -0.694. The summed E-state index contributed by atoms with van der Waals surface area (Å²) in [5, 5.41) is 30.0. The molecule has 6 nitrogen and oxygen atoms in total. The molecule has 1 rings (SSSR count). The molecule has 4 N–H and O–H groups in total. The second kappa shape index (κ2) is 5.31. The third kappa shape index (κ3) is 3.85. The van der Waals surface area contributed by atoms with Crippen LogP contribution >= 0.6 is 0 Å². The smallest absolute Gasteiger partial charge is 0.372 e. The summed E-state index contributed by atoms with van der Waals surface area (Å²) in [6.45, 7) is 3.28. The SMILES string of the molecule is Cc1cc(CNCC(C)(O)CO)oc1C(=O)O. The van der Waals surface area contributed by atoms with Gasteiger partial charge in [0.15, 0.2) is 0 Å². The minimum absolute atomic E-state index is 0.0734. The topological polar surface area (TPSA) is 103 Å². The molecule has 0 aromatic carbocycles. The summed E-state index contributed by atoms with van der Waals surface area (Å²) in [6.07, 6.45) is 0. The number of rotatable bonds is 6. The van der Waals surface area contributed by atoms with Crippen molar-refractivity contribution in [3.8, 4) is 0 Å². The Morgan fingerprint density at radius 3 is 2.71 bits per heavy atom. The minimum Gasteiger partial charge on any atom is -0.475 e. The summed E-state index contributed by atoms with van der Waals surface area (Å²) >= 11 is 0. The molecule has 0 aliphatic heterocycles. The monoisotopic (exact) mass is 243 g/mol. The van der Waals surface area contributed by atoms with E-state index in [9.17, 15) is 9.90 Å². The molecule has 0 amide bonds. The van der Waals surface area contributed by atoms with Crippen LogP contribution in [-0.2, 0) is 6.54 Å². The van der Waals surface area contributed by atoms with Crippen LogP contribution in [0.4, 0.5) is 0 Å². The van der Waals surface area contributed by atoms with E-state index in [1.54, 1.807) is 13.0 Å². The zero-order valence-electron chi connectivity index (χ0n) is 9.86. The van der Waals surface area contributed by atoms with E-state index in [1.165, 1.54) is 6.92 Å². The van der Waals surface area contributed by atoms with Crippen molar-refractivity contribution in [2.45, 2.75) is 26.0 Å². The highest BCUT2D eigenvalue weighted by Gasteiger charge is 2.19. The van der Waals surface area contributed by atoms with E-state index in [-0.39, 0.29) is 18.9 Å². The molecule has 0 fully saturated rings. The van der Waals surface area contributed by atoms with Gasteiger partial charge in [-0.2, -0.15) is 0 Å². The van der Waals surface area contributed by atoms with E-state index in [1.807, 2.05) is 0 Å². The van der Waals surface area contributed by atoms with E-state index in [0.717, 1.165) is 0 Å². The Kier molecular flexibility index (Phi) is 4.28. The molecule has 1 atom stereocenters. The average Bonchev–Trinajstić information content (AvgIpc) is 2.59. The van der Waals surface area contributed by atoms with Crippen molar-refractivity contribution < 1.29 is 24.5 Å². The highest BCUT2D eigenvalue weighted by Crippen LogP contribution is 2.14. The lowest BCUT2D eigenvalue weighted by Crippen LogP contribution is -2.40. The molecule has 1 aromatic rings. The van der Waals surface area contributed by atoms with Gasteiger partial charge in [0.05, 0.1) is 18.8 Å². The van der Waals surface area contributed by atoms with Gasteiger partial charge in [-0.1, -0.05) is 0 Å². The molecule has 0 bridgehead atoms.